The minimum absolute atomic E-state index is 0.0839. The van der Waals surface area contributed by atoms with Gasteiger partial charge in [0.15, 0.2) is 0 Å². The molecule has 3 heterocycles. The van der Waals surface area contributed by atoms with Crippen molar-refractivity contribution < 1.29 is 39.9 Å². The Kier molecular flexibility index (Phi) is 7.04. The first-order valence-electron chi connectivity index (χ1n) is 12.5. The molecule has 0 spiro atoms. The molecule has 0 saturated carbocycles. The van der Waals surface area contributed by atoms with Gasteiger partial charge in [0.25, 0.3) is 11.8 Å². The Labute approximate surface area is 238 Å². The van der Waals surface area contributed by atoms with Gasteiger partial charge in [0.05, 0.1) is 47.4 Å². The van der Waals surface area contributed by atoms with E-state index in [4.69, 9.17) is 10.2 Å². The number of anilines is 1. The molecule has 43 heavy (non-hydrogen) atoms. The number of halogens is 7. The van der Waals surface area contributed by atoms with E-state index in [9.17, 15) is 23.2 Å². The van der Waals surface area contributed by atoms with E-state index in [1.807, 2.05) is 6.07 Å². The molecule has 0 radical (unpaired) electrons. The number of rotatable bonds is 5. The predicted molar refractivity (Wildman–Crippen MR) is 135 cm³/mol. The summed E-state index contributed by atoms with van der Waals surface area (Å²) >= 11 is 0. The third-order valence-corrected chi connectivity index (χ3v) is 6.84. The average Bonchev–Trinajstić information content (AvgIpc) is 3.62. The highest BCUT2D eigenvalue weighted by molar-refractivity contribution is 5.99. The van der Waals surface area contributed by atoms with Crippen LogP contribution in [-0.2, 0) is 28.9 Å². The number of aromatic nitrogens is 4. The zero-order valence-electron chi connectivity index (χ0n) is 22.3. The SMILES string of the molecule is CC(C)(C#N)c1nnc(-c2cc3c(cc2F)C(F)(F)C[C@H](N)C(=O)N3Cc2ccc(-n3cc(C(F)(F)F)cn3)cc2F)o1. The van der Waals surface area contributed by atoms with Crippen LogP contribution >= 0.6 is 0 Å². The highest BCUT2D eigenvalue weighted by Gasteiger charge is 2.45. The van der Waals surface area contributed by atoms with E-state index < -0.39 is 82.3 Å². The molecule has 2 aromatic carbocycles. The van der Waals surface area contributed by atoms with Crippen molar-refractivity contribution in [3.8, 4) is 23.2 Å². The lowest BCUT2D eigenvalue weighted by molar-refractivity contribution is -0.137. The summed E-state index contributed by atoms with van der Waals surface area (Å²) in [5.74, 6) is -7.64. The van der Waals surface area contributed by atoms with E-state index in [-0.39, 0.29) is 17.1 Å². The number of carbonyl (C=O) groups excluding carboxylic acids is 1. The maximum Gasteiger partial charge on any atom is 0.419 e. The summed E-state index contributed by atoms with van der Waals surface area (Å²) in [6.07, 6.45) is -4.63. The summed E-state index contributed by atoms with van der Waals surface area (Å²) in [6.45, 7) is 2.26. The second-order valence-corrected chi connectivity index (χ2v) is 10.4. The molecule has 0 fully saturated rings. The molecule has 0 saturated heterocycles. The predicted octanol–water partition coefficient (Wildman–Crippen LogP) is 5.38. The van der Waals surface area contributed by atoms with Gasteiger partial charge in [-0.1, -0.05) is 6.07 Å². The van der Waals surface area contributed by atoms with Crippen LogP contribution in [0.4, 0.5) is 36.4 Å². The Hall–Kier alpha value is -4.78. The molecule has 1 amide bonds. The quantitative estimate of drug-likeness (QED) is 0.302. The summed E-state index contributed by atoms with van der Waals surface area (Å²) in [5.41, 5.74) is 1.27. The Bertz CT molecular complexity index is 1770. The molecule has 2 N–H and O–H groups in total. The molecule has 16 heteroatoms. The van der Waals surface area contributed by atoms with Gasteiger partial charge in [-0.25, -0.2) is 22.2 Å². The van der Waals surface area contributed by atoms with E-state index in [1.165, 1.54) is 19.9 Å². The molecule has 0 aliphatic carbocycles. The molecule has 0 unspecified atom stereocenters. The van der Waals surface area contributed by atoms with Crippen LogP contribution in [0.25, 0.3) is 17.1 Å². The summed E-state index contributed by atoms with van der Waals surface area (Å²) in [5, 5.41) is 20.4. The molecular weight excluding hydrogens is 587 g/mol. The Balaban J connectivity index is 1.57. The summed E-state index contributed by atoms with van der Waals surface area (Å²) in [4.78, 5) is 14.0. The Morgan fingerprint density at radius 2 is 1.86 bits per heavy atom. The zero-order valence-corrected chi connectivity index (χ0v) is 22.3. The zero-order chi connectivity index (χ0) is 31.5. The fraction of sp³-hybridized carbons (Fsp3) is 0.296. The number of fused-ring (bicyclic) bond motifs is 1. The Morgan fingerprint density at radius 1 is 1.14 bits per heavy atom. The van der Waals surface area contributed by atoms with Crippen molar-refractivity contribution in [3.05, 3.63) is 76.9 Å². The van der Waals surface area contributed by atoms with Crippen LogP contribution < -0.4 is 10.6 Å². The van der Waals surface area contributed by atoms with Crippen molar-refractivity contribution in [1.82, 2.24) is 20.0 Å². The lowest BCUT2D eigenvalue weighted by Crippen LogP contribution is -2.43. The van der Waals surface area contributed by atoms with Gasteiger partial charge in [0.1, 0.15) is 17.0 Å². The van der Waals surface area contributed by atoms with Gasteiger partial charge >= 0.3 is 6.18 Å². The van der Waals surface area contributed by atoms with Gasteiger partial charge in [-0.05, 0) is 38.1 Å². The number of nitrogens with two attached hydrogens (primary N) is 1. The summed E-state index contributed by atoms with van der Waals surface area (Å²) < 4.78 is 106. The third kappa shape index (κ3) is 5.43. The molecule has 2 aromatic heterocycles. The van der Waals surface area contributed by atoms with Crippen molar-refractivity contribution >= 4 is 11.6 Å². The topological polar surface area (TPSA) is 127 Å². The van der Waals surface area contributed by atoms with Crippen LogP contribution in [-0.4, -0.2) is 31.9 Å². The van der Waals surface area contributed by atoms with Crippen molar-refractivity contribution in [1.29, 1.82) is 5.26 Å². The summed E-state index contributed by atoms with van der Waals surface area (Å²) in [6, 6.07) is 4.76. The maximum atomic E-state index is 15.2. The molecule has 4 aromatic rings. The van der Waals surface area contributed by atoms with Crippen molar-refractivity contribution in [2.45, 2.75) is 50.4 Å². The van der Waals surface area contributed by atoms with Crippen molar-refractivity contribution in [2.75, 3.05) is 4.90 Å². The van der Waals surface area contributed by atoms with E-state index in [2.05, 4.69) is 15.3 Å². The van der Waals surface area contributed by atoms with Gasteiger partial charge in [0.2, 0.25) is 11.8 Å². The Morgan fingerprint density at radius 3 is 2.49 bits per heavy atom. The number of nitriles is 1. The van der Waals surface area contributed by atoms with Crippen LogP contribution in [0.5, 0.6) is 0 Å². The van der Waals surface area contributed by atoms with E-state index >= 15 is 17.6 Å². The van der Waals surface area contributed by atoms with Gasteiger partial charge in [-0.15, -0.1) is 10.2 Å². The lowest BCUT2D eigenvalue weighted by Gasteiger charge is -2.26. The molecule has 0 bridgehead atoms. The van der Waals surface area contributed by atoms with Gasteiger partial charge < -0.3 is 15.1 Å². The highest BCUT2D eigenvalue weighted by Crippen LogP contribution is 2.45. The fourth-order valence-corrected chi connectivity index (χ4v) is 4.42. The largest absolute Gasteiger partial charge is 0.419 e. The number of benzene rings is 2. The number of carbonyl (C=O) groups is 1. The van der Waals surface area contributed by atoms with E-state index in [1.54, 1.807) is 0 Å². The fourth-order valence-electron chi connectivity index (χ4n) is 4.42. The number of alkyl halides is 5. The van der Waals surface area contributed by atoms with Crippen LogP contribution in [0.2, 0.25) is 0 Å². The molecule has 5 rings (SSSR count). The first-order chi connectivity index (χ1) is 20.0. The minimum Gasteiger partial charge on any atom is -0.419 e. The van der Waals surface area contributed by atoms with Crippen LogP contribution in [0.1, 0.15) is 42.8 Å². The van der Waals surface area contributed by atoms with Gasteiger partial charge in [0, 0.05) is 23.7 Å². The smallest absolute Gasteiger partial charge is 0.419 e. The number of nitrogens with zero attached hydrogens (tertiary/aromatic N) is 6. The highest BCUT2D eigenvalue weighted by atomic mass is 19.4. The molecule has 224 valence electrons. The lowest BCUT2D eigenvalue weighted by atomic mass is 9.96. The second-order valence-electron chi connectivity index (χ2n) is 10.4. The van der Waals surface area contributed by atoms with Crippen LogP contribution in [0, 0.1) is 23.0 Å². The maximum absolute atomic E-state index is 15.2. The molecule has 1 atom stereocenters. The van der Waals surface area contributed by atoms with Crippen molar-refractivity contribution in [2.24, 2.45) is 5.73 Å². The molecule has 9 nitrogen and oxygen atoms in total. The number of hydrogen-bond donors (Lipinski definition) is 1. The minimum atomic E-state index is -4.68. The number of amides is 1. The first kappa shape index (κ1) is 29.7. The molecule has 1 aliphatic heterocycles. The van der Waals surface area contributed by atoms with Crippen molar-refractivity contribution in [3.63, 3.8) is 0 Å². The van der Waals surface area contributed by atoms with E-state index in [0.717, 1.165) is 27.8 Å². The second kappa shape index (κ2) is 10.2. The number of hydrogen-bond acceptors (Lipinski definition) is 7. The summed E-state index contributed by atoms with van der Waals surface area (Å²) in [7, 11) is 0. The average molecular weight is 607 g/mol. The monoisotopic (exact) mass is 607 g/mol. The first-order valence-corrected chi connectivity index (χ1v) is 12.5. The third-order valence-electron chi connectivity index (χ3n) is 6.84. The normalized spacial score (nSPS) is 17.0. The molecule has 1 aliphatic rings. The van der Waals surface area contributed by atoms with Gasteiger partial charge in [-0.3, -0.25) is 4.79 Å². The molecular formula is C27H20F7N7O2. The van der Waals surface area contributed by atoms with E-state index in [0.29, 0.717) is 18.5 Å². The standard InChI is InChI=1S/C27H20F7N7O2/c1-25(2,12-35)24-39-38-22(43-24)16-6-21-17(7-19(16)29)26(30,31)8-20(36)23(42)40(21)10-13-3-4-15(5-18(13)28)41-11-14(9-37-41)27(32,33)34/h3-7,9,11,20H,8,10,36H2,1-2H3/t20-/m0/s1. The van der Waals surface area contributed by atoms with Crippen LogP contribution in [0.3, 0.4) is 0 Å². The van der Waals surface area contributed by atoms with Gasteiger partial charge in [-0.2, -0.15) is 23.5 Å². The van der Waals surface area contributed by atoms with Crippen LogP contribution in [0.15, 0.2) is 47.1 Å².